The van der Waals surface area contributed by atoms with Gasteiger partial charge in [-0.15, -0.1) is 0 Å². The van der Waals surface area contributed by atoms with Gasteiger partial charge in [0.25, 0.3) is 0 Å². The van der Waals surface area contributed by atoms with Crippen molar-refractivity contribution in [1.29, 1.82) is 0 Å². The second-order valence-electron chi connectivity index (χ2n) is 5.13. The van der Waals surface area contributed by atoms with Crippen molar-refractivity contribution < 1.29 is 17.5 Å². The van der Waals surface area contributed by atoms with Gasteiger partial charge < -0.3 is 4.74 Å². The Labute approximate surface area is 133 Å². The van der Waals surface area contributed by atoms with Crippen LogP contribution in [0.3, 0.4) is 0 Å². The van der Waals surface area contributed by atoms with Gasteiger partial charge in [0.2, 0.25) is 9.84 Å². The highest BCUT2D eigenvalue weighted by molar-refractivity contribution is 7.91. The van der Waals surface area contributed by atoms with Crippen LogP contribution in [0.4, 0.5) is 4.39 Å². The number of aryl methyl sites for hydroxylation is 1. The Morgan fingerprint density at radius 1 is 1.09 bits per heavy atom. The van der Waals surface area contributed by atoms with Crippen molar-refractivity contribution in [3.8, 4) is 5.75 Å². The van der Waals surface area contributed by atoms with E-state index < -0.39 is 15.7 Å². The molecule has 1 heterocycles. The lowest BCUT2D eigenvalue weighted by atomic mass is 10.2. The normalized spacial score (nSPS) is 11.6. The maximum Gasteiger partial charge on any atom is 0.211 e. The molecule has 0 saturated carbocycles. The summed E-state index contributed by atoms with van der Waals surface area (Å²) in [5.41, 5.74) is 1.30. The standard InChI is InChI=1S/C17H14FNO3S/c1-11-3-6-13(7-4-11)23(20,21)16-10-19-15-9-12(18)5-8-14(15)17(16)22-2/h3-10H,1-2H3. The van der Waals surface area contributed by atoms with Crippen LogP contribution in [0.5, 0.6) is 5.75 Å². The number of hydrogen-bond donors (Lipinski definition) is 0. The molecule has 0 amide bonds. The van der Waals surface area contributed by atoms with Crippen molar-refractivity contribution in [2.45, 2.75) is 16.7 Å². The van der Waals surface area contributed by atoms with E-state index in [9.17, 15) is 12.8 Å². The van der Waals surface area contributed by atoms with Gasteiger partial charge in [-0.25, -0.2) is 12.8 Å². The summed E-state index contributed by atoms with van der Waals surface area (Å²) in [6, 6.07) is 10.5. The van der Waals surface area contributed by atoms with Crippen LogP contribution in [0.2, 0.25) is 0 Å². The molecule has 6 heteroatoms. The number of methoxy groups -OCH3 is 1. The highest BCUT2D eigenvalue weighted by atomic mass is 32.2. The molecule has 1 aromatic heterocycles. The number of rotatable bonds is 3. The molecule has 0 spiro atoms. The van der Waals surface area contributed by atoms with Gasteiger partial charge in [-0.2, -0.15) is 0 Å². The first kappa shape index (κ1) is 15.4. The average Bonchev–Trinajstić information content (AvgIpc) is 2.53. The molecule has 23 heavy (non-hydrogen) atoms. The number of nitrogens with zero attached hydrogens (tertiary/aromatic N) is 1. The SMILES string of the molecule is COc1c(S(=O)(=O)c2ccc(C)cc2)cnc2cc(F)ccc12. The summed E-state index contributed by atoms with van der Waals surface area (Å²) >= 11 is 0. The Hall–Kier alpha value is -2.47. The number of pyridine rings is 1. The third-order valence-corrected chi connectivity index (χ3v) is 5.34. The average molecular weight is 331 g/mol. The Kier molecular flexibility index (Phi) is 3.77. The monoisotopic (exact) mass is 331 g/mol. The van der Waals surface area contributed by atoms with Crippen molar-refractivity contribution in [2.75, 3.05) is 7.11 Å². The second kappa shape index (κ2) is 5.62. The second-order valence-corrected chi connectivity index (χ2v) is 7.05. The number of hydrogen-bond acceptors (Lipinski definition) is 4. The van der Waals surface area contributed by atoms with Gasteiger partial charge in [-0.3, -0.25) is 4.98 Å². The predicted molar refractivity (Wildman–Crippen MR) is 84.9 cm³/mol. The molecule has 0 atom stereocenters. The van der Waals surface area contributed by atoms with Crippen molar-refractivity contribution in [1.82, 2.24) is 4.98 Å². The quantitative estimate of drug-likeness (QED) is 0.737. The number of aromatic nitrogens is 1. The van der Waals surface area contributed by atoms with Crippen LogP contribution in [0.25, 0.3) is 10.9 Å². The molecule has 4 nitrogen and oxygen atoms in total. The first-order valence-electron chi connectivity index (χ1n) is 6.87. The maximum absolute atomic E-state index is 13.3. The summed E-state index contributed by atoms with van der Waals surface area (Å²) in [6.45, 7) is 1.88. The number of halogens is 1. The number of benzene rings is 2. The lowest BCUT2D eigenvalue weighted by molar-refractivity contribution is 0.407. The molecule has 0 aliphatic carbocycles. The topological polar surface area (TPSA) is 56.3 Å². The van der Waals surface area contributed by atoms with E-state index in [0.717, 1.165) is 5.56 Å². The first-order valence-corrected chi connectivity index (χ1v) is 8.36. The molecule has 3 aromatic rings. The minimum atomic E-state index is -3.78. The molecule has 0 fully saturated rings. The molecule has 0 aliphatic heterocycles. The Bertz CT molecular complexity index is 983. The molecule has 0 unspecified atom stereocenters. The third-order valence-electron chi connectivity index (χ3n) is 3.57. The Morgan fingerprint density at radius 2 is 1.78 bits per heavy atom. The minimum absolute atomic E-state index is 0.0389. The smallest absolute Gasteiger partial charge is 0.211 e. The minimum Gasteiger partial charge on any atom is -0.495 e. The fourth-order valence-electron chi connectivity index (χ4n) is 2.37. The van der Waals surface area contributed by atoms with Crippen LogP contribution in [0.15, 0.2) is 58.5 Å². The lowest BCUT2D eigenvalue weighted by Gasteiger charge is -2.12. The summed E-state index contributed by atoms with van der Waals surface area (Å²) in [5, 5.41) is 0.446. The van der Waals surface area contributed by atoms with E-state index in [2.05, 4.69) is 4.98 Å². The van der Waals surface area contributed by atoms with E-state index >= 15 is 0 Å². The van der Waals surface area contributed by atoms with Gasteiger partial charge in [-0.1, -0.05) is 17.7 Å². The molecule has 0 radical (unpaired) electrons. The highest BCUT2D eigenvalue weighted by Gasteiger charge is 2.24. The zero-order valence-corrected chi connectivity index (χ0v) is 13.4. The maximum atomic E-state index is 13.3. The van der Waals surface area contributed by atoms with Crippen LogP contribution in [-0.2, 0) is 9.84 Å². The van der Waals surface area contributed by atoms with Crippen LogP contribution < -0.4 is 4.74 Å². The van der Waals surface area contributed by atoms with E-state index in [-0.39, 0.29) is 15.5 Å². The van der Waals surface area contributed by atoms with E-state index in [1.54, 1.807) is 24.3 Å². The van der Waals surface area contributed by atoms with Crippen molar-refractivity contribution in [2.24, 2.45) is 0 Å². The van der Waals surface area contributed by atoms with Gasteiger partial charge in [0, 0.05) is 11.5 Å². The van der Waals surface area contributed by atoms with E-state index in [1.807, 2.05) is 6.92 Å². The predicted octanol–water partition coefficient (Wildman–Crippen LogP) is 3.52. The molecular weight excluding hydrogens is 317 g/mol. The number of fused-ring (bicyclic) bond motifs is 1. The van der Waals surface area contributed by atoms with E-state index in [0.29, 0.717) is 10.9 Å². The number of ether oxygens (including phenoxy) is 1. The zero-order chi connectivity index (χ0) is 16.6. The van der Waals surface area contributed by atoms with E-state index in [4.69, 9.17) is 4.74 Å². The molecular formula is C17H14FNO3S. The largest absolute Gasteiger partial charge is 0.495 e. The number of sulfone groups is 1. The Morgan fingerprint density at radius 3 is 2.43 bits per heavy atom. The van der Waals surface area contributed by atoms with Gasteiger partial charge >= 0.3 is 0 Å². The molecule has 0 aliphatic rings. The fraction of sp³-hybridized carbons (Fsp3) is 0.118. The van der Waals surface area contributed by atoms with Crippen molar-refractivity contribution in [3.63, 3.8) is 0 Å². The molecule has 118 valence electrons. The van der Waals surface area contributed by atoms with Crippen molar-refractivity contribution in [3.05, 3.63) is 60.0 Å². The molecule has 2 aromatic carbocycles. The van der Waals surface area contributed by atoms with Gasteiger partial charge in [0.05, 0.1) is 23.7 Å². The van der Waals surface area contributed by atoms with Crippen LogP contribution in [-0.4, -0.2) is 20.5 Å². The van der Waals surface area contributed by atoms with Gasteiger partial charge in [0.1, 0.15) is 16.5 Å². The summed E-state index contributed by atoms with van der Waals surface area (Å²) in [4.78, 5) is 4.18. The van der Waals surface area contributed by atoms with Crippen LogP contribution >= 0.6 is 0 Å². The van der Waals surface area contributed by atoms with Crippen LogP contribution in [0, 0.1) is 12.7 Å². The molecule has 0 saturated heterocycles. The molecule has 0 N–H and O–H groups in total. The summed E-state index contributed by atoms with van der Waals surface area (Å²) in [6.07, 6.45) is 1.20. The van der Waals surface area contributed by atoms with Gasteiger partial charge in [-0.05, 0) is 31.2 Å². The highest BCUT2D eigenvalue weighted by Crippen LogP contribution is 2.34. The third kappa shape index (κ3) is 2.66. The molecule has 3 rings (SSSR count). The van der Waals surface area contributed by atoms with E-state index in [1.165, 1.54) is 31.5 Å². The summed E-state index contributed by atoms with van der Waals surface area (Å²) in [5.74, 6) is -0.281. The van der Waals surface area contributed by atoms with Crippen LogP contribution in [0.1, 0.15) is 5.56 Å². The summed E-state index contributed by atoms with van der Waals surface area (Å²) < 4.78 is 44.3. The fourth-order valence-corrected chi connectivity index (χ4v) is 3.75. The van der Waals surface area contributed by atoms with Crippen molar-refractivity contribution >= 4 is 20.7 Å². The molecule has 0 bridgehead atoms. The first-order chi connectivity index (χ1) is 10.9. The summed E-state index contributed by atoms with van der Waals surface area (Å²) in [7, 11) is -2.40. The Balaban J connectivity index is 2.26. The zero-order valence-electron chi connectivity index (χ0n) is 12.6. The van der Waals surface area contributed by atoms with Gasteiger partial charge in [0.15, 0.2) is 0 Å². The lowest BCUT2D eigenvalue weighted by Crippen LogP contribution is -2.06.